The standard InChI is InChI=1S/C18H26Br2N2O3/c1-5-24-16-14(19)6-11(7-15(16)20)10-21-12-8-13(9-12)22-17(23)25-18(2,3)4/h6-7,12-13,21H,5,8-10H2,1-4H3,(H,22,23). The lowest BCUT2D eigenvalue weighted by Crippen LogP contribution is -2.52. The van der Waals surface area contributed by atoms with Crippen LogP contribution in [0.15, 0.2) is 21.1 Å². The highest BCUT2D eigenvalue weighted by atomic mass is 79.9. The maximum absolute atomic E-state index is 11.7. The molecule has 0 radical (unpaired) electrons. The molecule has 0 aromatic heterocycles. The van der Waals surface area contributed by atoms with Crippen LogP contribution in [0.2, 0.25) is 0 Å². The van der Waals surface area contributed by atoms with E-state index in [0.717, 1.165) is 34.1 Å². The van der Waals surface area contributed by atoms with E-state index in [9.17, 15) is 4.79 Å². The summed E-state index contributed by atoms with van der Waals surface area (Å²) in [6.07, 6.45) is 1.49. The van der Waals surface area contributed by atoms with Crippen molar-refractivity contribution in [1.82, 2.24) is 10.6 Å². The zero-order valence-corrected chi connectivity index (χ0v) is 18.3. The van der Waals surface area contributed by atoms with Gasteiger partial charge in [0.1, 0.15) is 11.4 Å². The van der Waals surface area contributed by atoms with Crippen molar-refractivity contribution in [3.8, 4) is 5.75 Å². The smallest absolute Gasteiger partial charge is 0.407 e. The Morgan fingerprint density at radius 2 is 1.80 bits per heavy atom. The Hall–Kier alpha value is -0.790. The summed E-state index contributed by atoms with van der Waals surface area (Å²) in [6, 6.07) is 4.73. The summed E-state index contributed by atoms with van der Waals surface area (Å²) in [5, 5.41) is 6.43. The minimum absolute atomic E-state index is 0.186. The number of carbonyl (C=O) groups is 1. The predicted molar refractivity (Wildman–Crippen MR) is 106 cm³/mol. The zero-order valence-electron chi connectivity index (χ0n) is 15.1. The van der Waals surface area contributed by atoms with Gasteiger partial charge in [-0.3, -0.25) is 0 Å². The number of alkyl carbamates (subject to hydrolysis) is 1. The third-order valence-electron chi connectivity index (χ3n) is 3.80. The van der Waals surface area contributed by atoms with Crippen molar-refractivity contribution >= 4 is 38.0 Å². The molecule has 25 heavy (non-hydrogen) atoms. The summed E-state index contributed by atoms with van der Waals surface area (Å²) in [4.78, 5) is 11.7. The molecule has 140 valence electrons. The molecule has 0 bridgehead atoms. The first kappa shape index (κ1) is 20.5. The molecule has 1 aromatic carbocycles. The van der Waals surface area contributed by atoms with Gasteiger partial charge in [-0.1, -0.05) is 0 Å². The third-order valence-corrected chi connectivity index (χ3v) is 4.98. The van der Waals surface area contributed by atoms with Crippen molar-refractivity contribution in [1.29, 1.82) is 0 Å². The highest BCUT2D eigenvalue weighted by Crippen LogP contribution is 2.35. The normalized spacial score (nSPS) is 19.9. The summed E-state index contributed by atoms with van der Waals surface area (Å²) in [5.41, 5.74) is 0.714. The largest absolute Gasteiger partial charge is 0.492 e. The second-order valence-corrected chi connectivity index (χ2v) is 8.92. The molecule has 0 atom stereocenters. The quantitative estimate of drug-likeness (QED) is 0.620. The van der Waals surface area contributed by atoms with E-state index < -0.39 is 5.60 Å². The average molecular weight is 478 g/mol. The third kappa shape index (κ3) is 6.46. The number of rotatable bonds is 6. The van der Waals surface area contributed by atoms with Gasteiger partial charge in [0.25, 0.3) is 0 Å². The number of hydrogen-bond acceptors (Lipinski definition) is 4. The van der Waals surface area contributed by atoms with Crippen LogP contribution >= 0.6 is 31.9 Å². The fraction of sp³-hybridized carbons (Fsp3) is 0.611. The van der Waals surface area contributed by atoms with Crippen molar-refractivity contribution < 1.29 is 14.3 Å². The van der Waals surface area contributed by atoms with Crippen molar-refractivity contribution in [2.75, 3.05) is 6.61 Å². The van der Waals surface area contributed by atoms with Crippen molar-refractivity contribution in [3.05, 3.63) is 26.6 Å². The molecule has 1 aliphatic rings. The monoisotopic (exact) mass is 476 g/mol. The lowest BCUT2D eigenvalue weighted by atomic mass is 9.87. The van der Waals surface area contributed by atoms with Gasteiger partial charge in [-0.15, -0.1) is 0 Å². The van der Waals surface area contributed by atoms with Crippen LogP contribution in [0.5, 0.6) is 5.75 Å². The number of benzene rings is 1. The van der Waals surface area contributed by atoms with Crippen LogP contribution in [-0.2, 0) is 11.3 Å². The Morgan fingerprint density at radius 1 is 1.20 bits per heavy atom. The van der Waals surface area contributed by atoms with Crippen molar-refractivity contribution in [2.45, 2.75) is 64.8 Å². The molecule has 5 nitrogen and oxygen atoms in total. The molecule has 2 rings (SSSR count). The fourth-order valence-corrected chi connectivity index (χ4v) is 4.15. The maximum atomic E-state index is 11.7. The second kappa shape index (κ2) is 8.73. The van der Waals surface area contributed by atoms with Crippen LogP contribution in [-0.4, -0.2) is 30.4 Å². The van der Waals surface area contributed by atoms with E-state index in [4.69, 9.17) is 9.47 Å². The van der Waals surface area contributed by atoms with E-state index in [0.29, 0.717) is 12.6 Å². The first-order chi connectivity index (χ1) is 11.7. The van der Waals surface area contributed by atoms with E-state index in [2.05, 4.69) is 54.6 Å². The maximum Gasteiger partial charge on any atom is 0.407 e. The summed E-state index contributed by atoms with van der Waals surface area (Å²) in [7, 11) is 0. The van der Waals surface area contributed by atoms with Crippen LogP contribution in [0.3, 0.4) is 0 Å². The predicted octanol–water partition coefficient (Wildman–Crippen LogP) is 4.76. The van der Waals surface area contributed by atoms with Crippen LogP contribution < -0.4 is 15.4 Å². The highest BCUT2D eigenvalue weighted by molar-refractivity contribution is 9.11. The number of halogens is 2. The number of hydrogen-bond donors (Lipinski definition) is 2. The highest BCUT2D eigenvalue weighted by Gasteiger charge is 2.31. The van der Waals surface area contributed by atoms with Crippen LogP contribution in [0, 0.1) is 0 Å². The minimum atomic E-state index is -0.458. The number of amides is 1. The molecule has 1 saturated carbocycles. The molecular formula is C18H26Br2N2O3. The first-order valence-electron chi connectivity index (χ1n) is 8.51. The van der Waals surface area contributed by atoms with Gasteiger partial charge < -0.3 is 20.1 Å². The average Bonchev–Trinajstić information content (AvgIpc) is 2.43. The van der Waals surface area contributed by atoms with Crippen LogP contribution in [0.1, 0.15) is 46.1 Å². The number of carbonyl (C=O) groups excluding carboxylic acids is 1. The minimum Gasteiger partial charge on any atom is -0.492 e. The van der Waals surface area contributed by atoms with E-state index >= 15 is 0 Å². The summed E-state index contributed by atoms with van der Waals surface area (Å²) >= 11 is 7.11. The molecule has 0 aliphatic heterocycles. The lowest BCUT2D eigenvalue weighted by molar-refractivity contribution is 0.0465. The Bertz CT molecular complexity index is 588. The van der Waals surface area contributed by atoms with Crippen LogP contribution in [0.4, 0.5) is 4.79 Å². The van der Waals surface area contributed by atoms with Crippen molar-refractivity contribution in [3.63, 3.8) is 0 Å². The van der Waals surface area contributed by atoms with Gasteiger partial charge in [0.2, 0.25) is 0 Å². The van der Waals surface area contributed by atoms with Crippen LogP contribution in [0.25, 0.3) is 0 Å². The Balaban J connectivity index is 1.75. The molecule has 2 N–H and O–H groups in total. The first-order valence-corrected chi connectivity index (χ1v) is 10.1. The molecule has 7 heteroatoms. The number of nitrogens with one attached hydrogen (secondary N) is 2. The molecule has 1 aromatic rings. The van der Waals surface area contributed by atoms with Crippen molar-refractivity contribution in [2.24, 2.45) is 0 Å². The number of ether oxygens (including phenoxy) is 2. The molecule has 0 unspecified atom stereocenters. The van der Waals surface area contributed by atoms with Gasteiger partial charge in [-0.2, -0.15) is 0 Å². The van der Waals surface area contributed by atoms with Gasteiger partial charge in [0, 0.05) is 18.6 Å². The van der Waals surface area contributed by atoms with E-state index in [1.54, 1.807) is 0 Å². The summed E-state index contributed by atoms with van der Waals surface area (Å²) < 4.78 is 12.8. The molecule has 1 amide bonds. The Kier molecular flexibility index (Phi) is 7.17. The fourth-order valence-electron chi connectivity index (χ4n) is 2.64. The molecule has 0 heterocycles. The molecule has 0 saturated heterocycles. The molecule has 0 spiro atoms. The van der Waals surface area contributed by atoms with Gasteiger partial charge in [-0.25, -0.2) is 4.79 Å². The topological polar surface area (TPSA) is 59.6 Å². The Morgan fingerprint density at radius 3 is 2.32 bits per heavy atom. The van der Waals surface area contributed by atoms with E-state index in [1.165, 1.54) is 5.56 Å². The zero-order chi connectivity index (χ0) is 18.6. The summed E-state index contributed by atoms with van der Waals surface area (Å²) in [6.45, 7) is 8.96. The Labute approximate surface area is 166 Å². The second-order valence-electron chi connectivity index (χ2n) is 7.21. The van der Waals surface area contributed by atoms with Gasteiger partial charge in [0.15, 0.2) is 0 Å². The molecule has 1 fully saturated rings. The van der Waals surface area contributed by atoms with Gasteiger partial charge in [-0.05, 0) is 90.1 Å². The van der Waals surface area contributed by atoms with Gasteiger partial charge >= 0.3 is 6.09 Å². The van der Waals surface area contributed by atoms with E-state index in [1.807, 2.05) is 27.7 Å². The SMILES string of the molecule is CCOc1c(Br)cc(CNC2CC(NC(=O)OC(C)(C)C)C2)cc1Br. The van der Waals surface area contributed by atoms with Gasteiger partial charge in [0.05, 0.1) is 15.6 Å². The molecule has 1 aliphatic carbocycles. The lowest BCUT2D eigenvalue weighted by Gasteiger charge is -2.36. The molecular weight excluding hydrogens is 452 g/mol. The summed E-state index contributed by atoms with van der Waals surface area (Å²) in [5.74, 6) is 0.830. The van der Waals surface area contributed by atoms with E-state index in [-0.39, 0.29) is 12.1 Å².